The molecule has 1 aliphatic heterocycles. The van der Waals surface area contributed by atoms with Crippen LogP contribution in [0.25, 0.3) is 5.76 Å². The Kier molecular flexibility index (Phi) is 7.46. The first-order chi connectivity index (χ1) is 15.3. The van der Waals surface area contributed by atoms with Gasteiger partial charge in [-0.2, -0.15) is 0 Å². The van der Waals surface area contributed by atoms with Gasteiger partial charge in [0.2, 0.25) is 0 Å². The van der Waals surface area contributed by atoms with E-state index in [1.807, 2.05) is 39.0 Å². The average molecular weight is 458 g/mol. The summed E-state index contributed by atoms with van der Waals surface area (Å²) in [5.41, 5.74) is 0.852. The maximum Gasteiger partial charge on any atom is 0.295 e. The Morgan fingerprint density at radius 2 is 1.91 bits per heavy atom. The number of benzene rings is 2. The molecule has 6 nitrogen and oxygen atoms in total. The molecule has 1 unspecified atom stereocenters. The van der Waals surface area contributed by atoms with Crippen LogP contribution < -0.4 is 9.47 Å². The second-order valence-electron chi connectivity index (χ2n) is 7.90. The molecule has 0 saturated carbocycles. The van der Waals surface area contributed by atoms with E-state index in [0.29, 0.717) is 23.6 Å². The van der Waals surface area contributed by atoms with Crippen molar-refractivity contribution < 1.29 is 24.2 Å². The van der Waals surface area contributed by atoms with Crippen molar-refractivity contribution in [2.75, 3.05) is 13.7 Å². The van der Waals surface area contributed by atoms with Crippen LogP contribution in [0.3, 0.4) is 0 Å². The summed E-state index contributed by atoms with van der Waals surface area (Å²) in [6, 6.07) is 11.3. The van der Waals surface area contributed by atoms with E-state index in [9.17, 15) is 14.7 Å². The molecule has 2 aromatic rings. The van der Waals surface area contributed by atoms with Crippen LogP contribution >= 0.6 is 11.6 Å². The smallest absolute Gasteiger partial charge is 0.295 e. The lowest BCUT2D eigenvalue weighted by Crippen LogP contribution is -2.31. The first kappa shape index (κ1) is 23.7. The Bertz CT molecular complexity index is 1050. The summed E-state index contributed by atoms with van der Waals surface area (Å²) < 4.78 is 11.2. The largest absolute Gasteiger partial charge is 0.507 e. The number of unbranched alkanes of at least 4 members (excludes halogenated alkanes) is 1. The van der Waals surface area contributed by atoms with Crippen molar-refractivity contribution in [3.05, 3.63) is 64.2 Å². The Balaban J connectivity index is 2.25. The van der Waals surface area contributed by atoms with Gasteiger partial charge in [-0.05, 0) is 44.5 Å². The Morgan fingerprint density at radius 1 is 1.19 bits per heavy atom. The van der Waals surface area contributed by atoms with Crippen LogP contribution in [0.4, 0.5) is 0 Å². The highest BCUT2D eigenvalue weighted by atomic mass is 35.5. The van der Waals surface area contributed by atoms with Crippen molar-refractivity contribution >= 4 is 29.1 Å². The topological polar surface area (TPSA) is 76.1 Å². The van der Waals surface area contributed by atoms with E-state index >= 15 is 0 Å². The van der Waals surface area contributed by atoms with Crippen LogP contribution in [0.1, 0.15) is 50.8 Å². The molecule has 0 bridgehead atoms. The molecule has 7 heteroatoms. The number of halogens is 1. The minimum absolute atomic E-state index is 0.0129. The molecule has 1 saturated heterocycles. The number of carbonyl (C=O) groups excluding carboxylic acids is 2. The summed E-state index contributed by atoms with van der Waals surface area (Å²) in [5.74, 6) is -0.712. The van der Waals surface area contributed by atoms with E-state index in [4.69, 9.17) is 21.1 Å². The van der Waals surface area contributed by atoms with Gasteiger partial charge in [-0.1, -0.05) is 43.1 Å². The Morgan fingerprint density at radius 3 is 2.56 bits per heavy atom. The summed E-state index contributed by atoms with van der Waals surface area (Å²) in [6.45, 7) is 6.20. The maximum absolute atomic E-state index is 13.2. The number of Topliss-reactive ketones (excluding diaryl/α,β-unsaturated/α-hetero) is 1. The van der Waals surface area contributed by atoms with Gasteiger partial charge >= 0.3 is 0 Å². The van der Waals surface area contributed by atoms with Crippen molar-refractivity contribution in [2.45, 2.75) is 45.8 Å². The first-order valence-electron chi connectivity index (χ1n) is 10.7. The molecule has 3 rings (SSSR count). The molecular formula is C25H28ClNO5. The summed E-state index contributed by atoms with van der Waals surface area (Å²) in [5, 5.41) is 11.5. The lowest BCUT2D eigenvalue weighted by atomic mass is 9.94. The lowest BCUT2D eigenvalue weighted by Gasteiger charge is -2.27. The number of nitrogens with zero attached hydrogens (tertiary/aromatic N) is 1. The Labute approximate surface area is 193 Å². The van der Waals surface area contributed by atoms with Gasteiger partial charge in [0.1, 0.15) is 17.3 Å². The molecule has 0 aromatic heterocycles. The van der Waals surface area contributed by atoms with Crippen molar-refractivity contribution in [1.82, 2.24) is 4.90 Å². The van der Waals surface area contributed by atoms with E-state index in [-0.39, 0.29) is 28.0 Å². The molecule has 1 fully saturated rings. The summed E-state index contributed by atoms with van der Waals surface area (Å²) in [6.07, 6.45) is 1.46. The third-order valence-electron chi connectivity index (χ3n) is 5.30. The lowest BCUT2D eigenvalue weighted by molar-refractivity contribution is -0.139. The fraction of sp³-hybridized carbons (Fsp3) is 0.360. The van der Waals surface area contributed by atoms with Crippen LogP contribution in [0.5, 0.6) is 11.5 Å². The highest BCUT2D eigenvalue weighted by molar-refractivity contribution is 6.47. The predicted molar refractivity (Wildman–Crippen MR) is 124 cm³/mol. The number of hydrogen-bond donors (Lipinski definition) is 1. The van der Waals surface area contributed by atoms with Gasteiger partial charge in [-0.15, -0.1) is 0 Å². The zero-order chi connectivity index (χ0) is 23.4. The molecule has 170 valence electrons. The van der Waals surface area contributed by atoms with Gasteiger partial charge in [0, 0.05) is 17.7 Å². The third kappa shape index (κ3) is 4.60. The molecule has 32 heavy (non-hydrogen) atoms. The van der Waals surface area contributed by atoms with Crippen molar-refractivity contribution in [1.29, 1.82) is 0 Å². The third-order valence-corrected chi connectivity index (χ3v) is 5.63. The van der Waals surface area contributed by atoms with Gasteiger partial charge in [0.15, 0.2) is 0 Å². The molecule has 0 aliphatic carbocycles. The number of aliphatic hydroxyl groups is 1. The highest BCUT2D eigenvalue weighted by Crippen LogP contribution is 2.44. The molecular weight excluding hydrogens is 430 g/mol. The van der Waals surface area contributed by atoms with Crippen LogP contribution in [-0.2, 0) is 9.59 Å². The van der Waals surface area contributed by atoms with Crippen molar-refractivity contribution in [2.24, 2.45) is 0 Å². The van der Waals surface area contributed by atoms with E-state index in [1.54, 1.807) is 24.3 Å². The number of rotatable bonds is 8. The molecule has 1 amide bonds. The fourth-order valence-electron chi connectivity index (χ4n) is 3.79. The quantitative estimate of drug-likeness (QED) is 0.328. The minimum atomic E-state index is -0.793. The van der Waals surface area contributed by atoms with Crippen LogP contribution in [0, 0.1) is 0 Å². The fourth-order valence-corrected chi connectivity index (χ4v) is 4.00. The number of para-hydroxylation sites is 1. The second kappa shape index (κ2) is 10.1. The summed E-state index contributed by atoms with van der Waals surface area (Å²) in [4.78, 5) is 27.7. The molecule has 0 radical (unpaired) electrons. The summed E-state index contributed by atoms with van der Waals surface area (Å²) >= 11 is 6.34. The SMILES string of the molecule is CCCCN1C(=O)C(=O)/C(=C(/O)c2cc(OC)ccc2Cl)C1c1ccccc1OC(C)C. The summed E-state index contributed by atoms with van der Waals surface area (Å²) in [7, 11) is 1.50. The van der Waals surface area contributed by atoms with Gasteiger partial charge in [0.25, 0.3) is 11.7 Å². The van der Waals surface area contributed by atoms with E-state index in [1.165, 1.54) is 12.0 Å². The monoisotopic (exact) mass is 457 g/mol. The normalized spacial score (nSPS) is 17.8. The zero-order valence-electron chi connectivity index (χ0n) is 18.7. The van der Waals surface area contributed by atoms with Gasteiger partial charge in [0.05, 0.1) is 29.9 Å². The number of amides is 1. The van der Waals surface area contributed by atoms with E-state index in [0.717, 1.165) is 12.8 Å². The number of methoxy groups -OCH3 is 1. The molecule has 2 aromatic carbocycles. The maximum atomic E-state index is 13.2. The number of ketones is 1. The minimum Gasteiger partial charge on any atom is -0.507 e. The number of likely N-dealkylation sites (tertiary alicyclic amines) is 1. The van der Waals surface area contributed by atoms with Crippen LogP contribution in [0.15, 0.2) is 48.0 Å². The van der Waals surface area contributed by atoms with E-state index < -0.39 is 17.7 Å². The number of hydrogen-bond acceptors (Lipinski definition) is 5. The predicted octanol–water partition coefficient (Wildman–Crippen LogP) is 5.36. The number of aliphatic hydroxyl groups excluding tert-OH is 1. The molecule has 1 aliphatic rings. The zero-order valence-corrected chi connectivity index (χ0v) is 19.5. The number of ether oxygens (including phenoxy) is 2. The van der Waals surface area contributed by atoms with E-state index in [2.05, 4.69) is 0 Å². The van der Waals surface area contributed by atoms with Gasteiger partial charge in [-0.25, -0.2) is 0 Å². The first-order valence-corrected chi connectivity index (χ1v) is 11.1. The molecule has 1 N–H and O–H groups in total. The van der Waals surface area contributed by atoms with Gasteiger partial charge < -0.3 is 19.5 Å². The standard InChI is InChI=1S/C25H28ClNO5/c1-5-6-13-27-22(17-9-7-8-10-20(17)32-15(2)3)21(24(29)25(27)30)23(28)18-14-16(31-4)11-12-19(18)26/h7-12,14-15,22,28H,5-6,13H2,1-4H3/b23-21+. The van der Waals surface area contributed by atoms with Crippen molar-refractivity contribution in [3.8, 4) is 11.5 Å². The van der Waals surface area contributed by atoms with Crippen LogP contribution in [-0.4, -0.2) is 41.5 Å². The molecule has 1 heterocycles. The second-order valence-corrected chi connectivity index (χ2v) is 8.30. The van der Waals surface area contributed by atoms with Crippen molar-refractivity contribution in [3.63, 3.8) is 0 Å². The molecule has 0 spiro atoms. The van der Waals surface area contributed by atoms with Gasteiger partial charge in [-0.3, -0.25) is 9.59 Å². The average Bonchev–Trinajstić information content (AvgIpc) is 3.02. The van der Waals surface area contributed by atoms with Crippen LogP contribution in [0.2, 0.25) is 5.02 Å². The molecule has 1 atom stereocenters. The number of carbonyl (C=O) groups is 2. The highest BCUT2D eigenvalue weighted by Gasteiger charge is 2.47. The Hall–Kier alpha value is -2.99.